The molecule has 1 aliphatic carbocycles. The number of hydrogen-bond acceptors (Lipinski definition) is 3. The standard InChI is InChI=1S/C14H18BrFN2O2/c1-2-9-4-3-5-10(6-9)17-13-7-11(15)12(16)8-14(13)18(19)20/h7-10,17H,2-6H2,1H3. The Balaban J connectivity index is 2.19. The van der Waals surface area contributed by atoms with Gasteiger partial charge in [-0.3, -0.25) is 10.1 Å². The molecule has 0 radical (unpaired) electrons. The maximum Gasteiger partial charge on any atom is 0.295 e. The van der Waals surface area contributed by atoms with E-state index in [0.717, 1.165) is 31.7 Å². The summed E-state index contributed by atoms with van der Waals surface area (Å²) in [6, 6.07) is 2.65. The molecule has 1 aromatic rings. The second-order valence-electron chi connectivity index (χ2n) is 5.32. The van der Waals surface area contributed by atoms with Gasteiger partial charge in [-0.1, -0.05) is 26.2 Å². The van der Waals surface area contributed by atoms with Crippen LogP contribution in [0.2, 0.25) is 0 Å². The van der Waals surface area contributed by atoms with E-state index < -0.39 is 10.7 Å². The summed E-state index contributed by atoms with van der Waals surface area (Å²) in [5, 5.41) is 14.3. The Hall–Kier alpha value is -1.17. The van der Waals surface area contributed by atoms with Crippen LogP contribution in [0, 0.1) is 21.8 Å². The molecule has 1 fully saturated rings. The zero-order valence-electron chi connectivity index (χ0n) is 11.4. The molecule has 0 aromatic heterocycles. The van der Waals surface area contributed by atoms with E-state index in [4.69, 9.17) is 0 Å². The molecule has 6 heteroatoms. The van der Waals surface area contributed by atoms with Gasteiger partial charge in [0.1, 0.15) is 11.5 Å². The van der Waals surface area contributed by atoms with Gasteiger partial charge in [-0.15, -0.1) is 0 Å². The molecule has 110 valence electrons. The molecule has 2 unspecified atom stereocenters. The van der Waals surface area contributed by atoms with Crippen LogP contribution >= 0.6 is 15.9 Å². The van der Waals surface area contributed by atoms with Gasteiger partial charge in [-0.25, -0.2) is 4.39 Å². The van der Waals surface area contributed by atoms with E-state index in [1.165, 1.54) is 12.5 Å². The molecule has 0 heterocycles. The molecule has 0 saturated heterocycles. The van der Waals surface area contributed by atoms with Gasteiger partial charge in [0.25, 0.3) is 5.69 Å². The second kappa shape index (κ2) is 6.52. The molecule has 20 heavy (non-hydrogen) atoms. The molecule has 4 nitrogen and oxygen atoms in total. The average molecular weight is 345 g/mol. The Kier molecular flexibility index (Phi) is 4.96. The van der Waals surface area contributed by atoms with Crippen molar-refractivity contribution in [3.05, 3.63) is 32.5 Å². The molecule has 2 atom stereocenters. The summed E-state index contributed by atoms with van der Waals surface area (Å²) in [5.74, 6) is 0.0570. The van der Waals surface area contributed by atoms with Crippen LogP contribution < -0.4 is 5.32 Å². The maximum atomic E-state index is 13.4. The van der Waals surface area contributed by atoms with E-state index >= 15 is 0 Å². The number of nitro benzene ring substituents is 1. The molecule has 0 aliphatic heterocycles. The highest BCUT2D eigenvalue weighted by molar-refractivity contribution is 9.10. The lowest BCUT2D eigenvalue weighted by molar-refractivity contribution is -0.384. The van der Waals surface area contributed by atoms with Crippen molar-refractivity contribution in [2.24, 2.45) is 5.92 Å². The zero-order chi connectivity index (χ0) is 14.7. The zero-order valence-corrected chi connectivity index (χ0v) is 13.0. The molecule has 1 aliphatic rings. The molecule has 0 bridgehead atoms. The summed E-state index contributed by atoms with van der Waals surface area (Å²) in [4.78, 5) is 10.5. The van der Waals surface area contributed by atoms with Crippen LogP contribution in [0.15, 0.2) is 16.6 Å². The lowest BCUT2D eigenvalue weighted by Gasteiger charge is -2.29. The Bertz CT molecular complexity index is 510. The van der Waals surface area contributed by atoms with Crippen LogP contribution in [-0.4, -0.2) is 11.0 Å². The van der Waals surface area contributed by atoms with Crippen molar-refractivity contribution in [2.75, 3.05) is 5.32 Å². The summed E-state index contributed by atoms with van der Waals surface area (Å²) < 4.78 is 13.7. The van der Waals surface area contributed by atoms with Crippen LogP contribution in [0.25, 0.3) is 0 Å². The minimum absolute atomic E-state index is 0.204. The fourth-order valence-electron chi connectivity index (χ4n) is 2.82. The topological polar surface area (TPSA) is 55.2 Å². The highest BCUT2D eigenvalue weighted by Gasteiger charge is 2.24. The first-order chi connectivity index (χ1) is 9.51. The highest BCUT2D eigenvalue weighted by atomic mass is 79.9. The van der Waals surface area contributed by atoms with Crippen molar-refractivity contribution in [1.29, 1.82) is 0 Å². The van der Waals surface area contributed by atoms with Gasteiger partial charge in [-0.2, -0.15) is 0 Å². The van der Waals surface area contributed by atoms with Crippen molar-refractivity contribution < 1.29 is 9.31 Å². The Morgan fingerprint density at radius 2 is 2.25 bits per heavy atom. The number of anilines is 1. The van der Waals surface area contributed by atoms with E-state index in [-0.39, 0.29) is 16.2 Å². The minimum Gasteiger partial charge on any atom is -0.377 e. The summed E-state index contributed by atoms with van der Waals surface area (Å²) >= 11 is 3.08. The van der Waals surface area contributed by atoms with Crippen LogP contribution in [0.3, 0.4) is 0 Å². The van der Waals surface area contributed by atoms with E-state index in [9.17, 15) is 14.5 Å². The molecule has 0 amide bonds. The molecule has 1 N–H and O–H groups in total. The van der Waals surface area contributed by atoms with Crippen LogP contribution in [-0.2, 0) is 0 Å². The third kappa shape index (κ3) is 3.48. The third-order valence-corrected chi connectivity index (χ3v) is 4.56. The van der Waals surface area contributed by atoms with Crippen molar-refractivity contribution in [3.8, 4) is 0 Å². The Morgan fingerprint density at radius 1 is 1.50 bits per heavy atom. The molecular formula is C14H18BrFN2O2. The van der Waals surface area contributed by atoms with Crippen molar-refractivity contribution in [1.82, 2.24) is 0 Å². The number of hydrogen-bond donors (Lipinski definition) is 1. The average Bonchev–Trinajstić information content (AvgIpc) is 2.42. The lowest BCUT2D eigenvalue weighted by Crippen LogP contribution is -2.27. The second-order valence-corrected chi connectivity index (χ2v) is 6.18. The molecular weight excluding hydrogens is 327 g/mol. The van der Waals surface area contributed by atoms with Crippen molar-refractivity contribution in [2.45, 2.75) is 45.1 Å². The van der Waals surface area contributed by atoms with E-state index in [0.29, 0.717) is 11.6 Å². The van der Waals surface area contributed by atoms with Crippen molar-refractivity contribution >= 4 is 27.3 Å². The van der Waals surface area contributed by atoms with Gasteiger partial charge in [0.05, 0.1) is 15.5 Å². The number of nitrogens with zero attached hydrogens (tertiary/aromatic N) is 1. The first-order valence-electron chi connectivity index (χ1n) is 6.91. The fourth-order valence-corrected chi connectivity index (χ4v) is 3.16. The fraction of sp³-hybridized carbons (Fsp3) is 0.571. The number of nitro groups is 1. The summed E-state index contributed by atoms with van der Waals surface area (Å²) in [6.07, 6.45) is 5.51. The molecule has 0 spiro atoms. The largest absolute Gasteiger partial charge is 0.377 e. The van der Waals surface area contributed by atoms with Crippen LogP contribution in [0.5, 0.6) is 0 Å². The minimum atomic E-state index is -0.614. The van der Waals surface area contributed by atoms with Gasteiger partial charge >= 0.3 is 0 Å². The molecule has 1 aromatic carbocycles. The van der Waals surface area contributed by atoms with Gasteiger partial charge in [0, 0.05) is 6.04 Å². The predicted molar refractivity (Wildman–Crippen MR) is 80.4 cm³/mol. The van der Waals surface area contributed by atoms with Crippen LogP contribution in [0.1, 0.15) is 39.0 Å². The van der Waals surface area contributed by atoms with E-state index in [2.05, 4.69) is 28.2 Å². The Morgan fingerprint density at radius 3 is 2.90 bits per heavy atom. The lowest BCUT2D eigenvalue weighted by atomic mass is 9.84. The van der Waals surface area contributed by atoms with Crippen LogP contribution in [0.4, 0.5) is 15.8 Å². The SMILES string of the molecule is CCC1CCCC(Nc2cc(Br)c(F)cc2[N+](=O)[O-])C1. The first-order valence-corrected chi connectivity index (χ1v) is 7.70. The highest BCUT2D eigenvalue weighted by Crippen LogP contribution is 2.34. The van der Waals surface area contributed by atoms with Gasteiger partial charge in [0.15, 0.2) is 0 Å². The molecule has 2 rings (SSSR count). The third-order valence-electron chi connectivity index (χ3n) is 3.96. The van der Waals surface area contributed by atoms with Gasteiger partial charge in [0.2, 0.25) is 0 Å². The predicted octanol–water partition coefficient (Wildman–Crippen LogP) is 4.88. The Labute approximate surface area is 126 Å². The first kappa shape index (κ1) is 15.2. The van der Waals surface area contributed by atoms with Gasteiger partial charge < -0.3 is 5.32 Å². The summed E-state index contributed by atoms with van der Waals surface area (Å²) in [6.45, 7) is 2.17. The monoisotopic (exact) mass is 344 g/mol. The number of benzene rings is 1. The number of rotatable bonds is 4. The number of nitrogens with one attached hydrogen (secondary N) is 1. The quantitative estimate of drug-likeness (QED) is 0.625. The van der Waals surface area contributed by atoms with Crippen molar-refractivity contribution in [3.63, 3.8) is 0 Å². The summed E-state index contributed by atoms with van der Waals surface area (Å²) in [7, 11) is 0. The van der Waals surface area contributed by atoms with Gasteiger partial charge in [-0.05, 0) is 40.8 Å². The normalized spacial score (nSPS) is 22.6. The maximum absolute atomic E-state index is 13.4. The van der Waals surface area contributed by atoms with E-state index in [1.807, 2.05) is 0 Å². The smallest absolute Gasteiger partial charge is 0.295 e. The van der Waals surface area contributed by atoms with E-state index in [1.54, 1.807) is 0 Å². The summed E-state index contributed by atoms with van der Waals surface area (Å²) in [5.41, 5.74) is 0.189. The molecule has 1 saturated carbocycles. The number of halogens is 2.